The number of H-pyrrole nitrogens is 1. The summed E-state index contributed by atoms with van der Waals surface area (Å²) < 4.78 is 26.1. The number of benzene rings is 1. The Hall–Kier alpha value is -3.12. The summed E-state index contributed by atoms with van der Waals surface area (Å²) in [5.41, 5.74) is 7.49. The summed E-state index contributed by atoms with van der Waals surface area (Å²) in [6.45, 7) is 6.24. The van der Waals surface area contributed by atoms with Crippen molar-refractivity contribution in [1.29, 1.82) is 0 Å². The number of methoxy groups -OCH3 is 1. The summed E-state index contributed by atoms with van der Waals surface area (Å²) >= 11 is -0.707. The minimum atomic E-state index is -0.707. The predicted octanol–water partition coefficient (Wildman–Crippen LogP) is 2.32. The van der Waals surface area contributed by atoms with Crippen molar-refractivity contribution < 1.29 is 38.6 Å². The molecule has 0 unspecified atom stereocenters. The molecule has 10 heteroatoms. The fourth-order valence-electron chi connectivity index (χ4n) is 4.59. The number of alkyl halides is 1. The van der Waals surface area contributed by atoms with E-state index in [1.807, 2.05) is 6.07 Å². The molecule has 0 saturated heterocycles. The SMILES string of the molecule is COc1c(F)cccc1Nc1c2[nH]c3c1C(=O)NC[C@H]3[I-]OCC/C(C)=C(\C)CCNc1cnccc1-2. The van der Waals surface area contributed by atoms with Gasteiger partial charge in [0.2, 0.25) is 0 Å². The molecule has 5 rings (SSSR count). The molecule has 4 N–H and O–H groups in total. The van der Waals surface area contributed by atoms with E-state index in [-0.39, 0.29) is 15.6 Å². The van der Waals surface area contributed by atoms with Crippen LogP contribution in [0.4, 0.5) is 21.5 Å². The molecule has 1 atom stereocenters. The van der Waals surface area contributed by atoms with Crippen molar-refractivity contribution in [3.63, 3.8) is 0 Å². The molecule has 2 aromatic heterocycles. The topological polar surface area (TPSA) is 100 Å². The number of para-hydroxylation sites is 1. The Bertz CT molecular complexity index is 1360. The molecule has 2 aliphatic heterocycles. The molecule has 2 aliphatic rings. The van der Waals surface area contributed by atoms with Gasteiger partial charge in [-0.15, -0.1) is 0 Å². The Morgan fingerprint density at radius 3 is 2.86 bits per heavy atom. The van der Waals surface area contributed by atoms with Crippen molar-refractivity contribution in [2.75, 3.05) is 37.4 Å². The van der Waals surface area contributed by atoms with Gasteiger partial charge in [0, 0.05) is 0 Å². The first-order valence-corrected chi connectivity index (χ1v) is 14.3. The van der Waals surface area contributed by atoms with Crippen molar-refractivity contribution in [3.8, 4) is 17.0 Å². The molecular weight excluding hydrogens is 588 g/mol. The van der Waals surface area contributed by atoms with Crippen LogP contribution >= 0.6 is 0 Å². The number of aromatic nitrogens is 2. The molecule has 0 radical (unpaired) electrons. The zero-order valence-corrected chi connectivity index (χ0v) is 23.2. The third kappa shape index (κ3) is 5.17. The number of aromatic amines is 1. The maximum absolute atomic E-state index is 14.5. The number of anilines is 3. The van der Waals surface area contributed by atoms with Gasteiger partial charge in [-0.1, -0.05) is 0 Å². The fraction of sp³-hybridized carbons (Fsp3) is 0.333. The van der Waals surface area contributed by atoms with Gasteiger partial charge in [-0.05, 0) is 0 Å². The Kier molecular flexibility index (Phi) is 7.65. The van der Waals surface area contributed by atoms with Crippen LogP contribution in [0.5, 0.6) is 5.75 Å². The first kappa shape index (κ1) is 25.5. The Labute approximate surface area is 226 Å². The van der Waals surface area contributed by atoms with Gasteiger partial charge in [0.1, 0.15) is 0 Å². The monoisotopic (exact) mass is 618 g/mol. The summed E-state index contributed by atoms with van der Waals surface area (Å²) in [7, 11) is 1.43. The second kappa shape index (κ2) is 11.1. The summed E-state index contributed by atoms with van der Waals surface area (Å²) in [4.78, 5) is 21.1. The molecule has 37 heavy (non-hydrogen) atoms. The van der Waals surface area contributed by atoms with E-state index < -0.39 is 27.4 Å². The minimum absolute atomic E-state index is 0.0453. The predicted molar refractivity (Wildman–Crippen MR) is 137 cm³/mol. The van der Waals surface area contributed by atoms with Crippen molar-refractivity contribution in [2.24, 2.45) is 0 Å². The quantitative estimate of drug-likeness (QED) is 0.205. The van der Waals surface area contributed by atoms with Crippen molar-refractivity contribution in [2.45, 2.75) is 30.6 Å². The second-order valence-electron chi connectivity index (χ2n) is 9.10. The van der Waals surface area contributed by atoms with Crippen LogP contribution in [0.15, 0.2) is 47.8 Å². The number of fused-ring (bicyclic) bond motifs is 3. The van der Waals surface area contributed by atoms with Gasteiger partial charge in [-0.3, -0.25) is 0 Å². The van der Waals surface area contributed by atoms with Crippen LogP contribution in [-0.2, 0) is 3.07 Å². The normalized spacial score (nSPS) is 20.3. The summed E-state index contributed by atoms with van der Waals surface area (Å²) in [6.07, 6.45) is 5.30. The third-order valence-corrected chi connectivity index (χ3v) is 9.28. The first-order valence-electron chi connectivity index (χ1n) is 12.2. The van der Waals surface area contributed by atoms with Gasteiger partial charge in [0.25, 0.3) is 0 Å². The Morgan fingerprint density at radius 1 is 1.19 bits per heavy atom. The van der Waals surface area contributed by atoms with Crippen LogP contribution in [0.25, 0.3) is 11.3 Å². The van der Waals surface area contributed by atoms with Crippen LogP contribution in [-0.4, -0.2) is 42.7 Å². The molecule has 0 saturated carbocycles. The van der Waals surface area contributed by atoms with Gasteiger partial charge >= 0.3 is 227 Å². The first-order chi connectivity index (χ1) is 18.0. The van der Waals surface area contributed by atoms with E-state index in [4.69, 9.17) is 7.80 Å². The van der Waals surface area contributed by atoms with E-state index in [0.717, 1.165) is 42.0 Å². The number of ether oxygens (including phenoxy) is 1. The molecular formula is C27H30FIN5O3-. The van der Waals surface area contributed by atoms with E-state index in [9.17, 15) is 9.18 Å². The van der Waals surface area contributed by atoms with Crippen LogP contribution in [0.1, 0.15) is 46.7 Å². The summed E-state index contributed by atoms with van der Waals surface area (Å²) in [5.74, 6) is -0.589. The van der Waals surface area contributed by atoms with Gasteiger partial charge in [0.15, 0.2) is 0 Å². The standard InChI is InChI=1S/C27H30FIN5O3/c1-15-7-11-31-21-14-30-10-8-17(21)23-25(33-20-6-4-5-18(28)26(20)36-3)22-24(34-23)19(13-32-27(22)35)29-37-12-9-16(15)2/h4-6,8,10,14,19,31,33-34H,7,9,11-13H2,1-3H3,(H,32,35)/q-1/b16-15+/t19-/m1/s1. The van der Waals surface area contributed by atoms with E-state index in [2.05, 4.69) is 39.8 Å². The van der Waals surface area contributed by atoms with Gasteiger partial charge < -0.3 is 0 Å². The number of pyridine rings is 1. The number of carbonyl (C=O) groups excluding carboxylic acids is 1. The number of carbonyl (C=O) groups is 1. The number of rotatable bonds is 3. The molecule has 0 spiro atoms. The maximum atomic E-state index is 14.5. The molecule has 1 aromatic carbocycles. The van der Waals surface area contributed by atoms with Crippen LogP contribution in [0.3, 0.4) is 0 Å². The van der Waals surface area contributed by atoms with Crippen LogP contribution in [0, 0.1) is 5.82 Å². The number of nitrogens with one attached hydrogen (secondary N) is 4. The number of nitrogens with zero attached hydrogens (tertiary/aromatic N) is 1. The van der Waals surface area contributed by atoms with Crippen molar-refractivity contribution in [1.82, 2.24) is 15.3 Å². The zero-order valence-electron chi connectivity index (χ0n) is 21.0. The Morgan fingerprint density at radius 2 is 2.03 bits per heavy atom. The molecule has 3 aromatic rings. The molecule has 196 valence electrons. The average Bonchev–Trinajstić information content (AvgIpc) is 3.27. The summed E-state index contributed by atoms with van der Waals surface area (Å²) in [6, 6.07) is 6.60. The molecule has 2 bridgehead atoms. The van der Waals surface area contributed by atoms with E-state index in [1.54, 1.807) is 24.5 Å². The molecule has 4 heterocycles. The Balaban J connectivity index is 1.67. The van der Waals surface area contributed by atoms with Gasteiger partial charge in [-0.2, -0.15) is 0 Å². The number of halogens is 2. The van der Waals surface area contributed by atoms with Crippen LogP contribution in [0.2, 0.25) is 0 Å². The van der Waals surface area contributed by atoms with Crippen LogP contribution < -0.4 is 42.3 Å². The van der Waals surface area contributed by atoms with Crippen molar-refractivity contribution in [3.05, 3.63) is 64.9 Å². The van der Waals surface area contributed by atoms with Gasteiger partial charge in [0.05, 0.1) is 0 Å². The molecule has 1 amide bonds. The third-order valence-electron chi connectivity index (χ3n) is 6.80. The zero-order chi connectivity index (χ0) is 25.9. The molecule has 8 nitrogen and oxygen atoms in total. The fourth-order valence-corrected chi connectivity index (χ4v) is 6.62. The van der Waals surface area contributed by atoms with E-state index >= 15 is 0 Å². The molecule has 0 fully saturated rings. The van der Waals surface area contributed by atoms with E-state index in [1.165, 1.54) is 24.3 Å². The number of hydrogen-bond donors (Lipinski definition) is 4. The average molecular weight is 618 g/mol. The summed E-state index contributed by atoms with van der Waals surface area (Å²) in [5, 5.41) is 9.88. The molecule has 0 aliphatic carbocycles. The second-order valence-corrected chi connectivity index (χ2v) is 11.7. The number of hydrogen-bond acceptors (Lipinski definition) is 6. The van der Waals surface area contributed by atoms with Gasteiger partial charge in [-0.25, -0.2) is 0 Å². The number of amides is 1. The van der Waals surface area contributed by atoms with Crippen molar-refractivity contribution >= 4 is 23.0 Å². The van der Waals surface area contributed by atoms with E-state index in [0.29, 0.717) is 30.1 Å².